The third-order valence-electron chi connectivity index (χ3n) is 6.96. The first-order valence-corrected chi connectivity index (χ1v) is 11.5. The lowest BCUT2D eigenvalue weighted by molar-refractivity contribution is 0.184. The predicted octanol–water partition coefficient (Wildman–Crippen LogP) is 2.59. The predicted molar refractivity (Wildman–Crippen MR) is 129 cm³/mol. The smallest absolute Gasteiger partial charge is 0.337 e. The molecule has 8 nitrogen and oxygen atoms in total. The van der Waals surface area contributed by atoms with E-state index in [4.69, 9.17) is 14.6 Å². The van der Waals surface area contributed by atoms with E-state index in [9.17, 15) is 4.79 Å². The van der Waals surface area contributed by atoms with Crippen molar-refractivity contribution in [2.45, 2.75) is 37.9 Å². The number of amides is 2. The molecule has 2 saturated heterocycles. The van der Waals surface area contributed by atoms with Gasteiger partial charge in [0.05, 0.1) is 26.0 Å². The number of nitrogens with one attached hydrogen (secondary N) is 2. The van der Waals surface area contributed by atoms with Crippen LogP contribution in [-0.2, 0) is 6.42 Å². The SMILES string of the molecule is CNC(=O)N1N=C(c2ccc(N3CC4CC3CN4)cc2)c2cc(OC)c(OC)cc2CC1C. The molecule has 5 rings (SSSR count). The van der Waals surface area contributed by atoms with Crippen LogP contribution in [0, 0.1) is 0 Å². The van der Waals surface area contributed by atoms with Crippen molar-refractivity contribution in [1.82, 2.24) is 15.6 Å². The normalized spacial score (nSPS) is 23.6. The first kappa shape index (κ1) is 21.6. The van der Waals surface area contributed by atoms with E-state index in [1.807, 2.05) is 19.1 Å². The number of hydrazone groups is 1. The van der Waals surface area contributed by atoms with Gasteiger partial charge in [0, 0.05) is 49.0 Å². The van der Waals surface area contributed by atoms with Gasteiger partial charge in [-0.1, -0.05) is 12.1 Å². The number of nitrogens with zero attached hydrogens (tertiary/aromatic N) is 3. The number of anilines is 1. The summed E-state index contributed by atoms with van der Waals surface area (Å²) in [5.41, 5.74) is 4.94. The van der Waals surface area contributed by atoms with Crippen LogP contribution < -0.4 is 25.0 Å². The topological polar surface area (TPSA) is 78.4 Å². The molecule has 2 aromatic carbocycles. The molecule has 0 radical (unpaired) electrons. The van der Waals surface area contributed by atoms with Crippen molar-refractivity contribution in [3.8, 4) is 11.5 Å². The van der Waals surface area contributed by atoms with Gasteiger partial charge in [-0.05, 0) is 49.6 Å². The molecular weight excluding hydrogens is 418 g/mol. The summed E-state index contributed by atoms with van der Waals surface area (Å²) in [4.78, 5) is 15.1. The quantitative estimate of drug-likeness (QED) is 0.750. The van der Waals surface area contributed by atoms with Gasteiger partial charge in [0.15, 0.2) is 11.5 Å². The van der Waals surface area contributed by atoms with Crippen molar-refractivity contribution in [2.75, 3.05) is 39.3 Å². The molecule has 2 amide bonds. The van der Waals surface area contributed by atoms with Crippen molar-refractivity contribution in [3.63, 3.8) is 0 Å². The summed E-state index contributed by atoms with van der Waals surface area (Å²) in [6.07, 6.45) is 1.86. The first-order chi connectivity index (χ1) is 16.0. The van der Waals surface area contributed by atoms with Crippen molar-refractivity contribution in [2.24, 2.45) is 5.10 Å². The number of piperazine rings is 1. The van der Waals surface area contributed by atoms with Crippen LogP contribution in [0.25, 0.3) is 0 Å². The molecule has 8 heteroatoms. The Morgan fingerprint density at radius 1 is 1.15 bits per heavy atom. The van der Waals surface area contributed by atoms with Crippen molar-refractivity contribution >= 4 is 17.4 Å². The maximum absolute atomic E-state index is 12.7. The minimum atomic E-state index is -0.232. The van der Waals surface area contributed by atoms with Gasteiger partial charge >= 0.3 is 6.03 Å². The Kier molecular flexibility index (Phi) is 5.62. The summed E-state index contributed by atoms with van der Waals surface area (Å²) in [6, 6.07) is 13.3. The van der Waals surface area contributed by atoms with Crippen LogP contribution in [-0.4, -0.2) is 69.2 Å². The van der Waals surface area contributed by atoms with E-state index in [0.29, 0.717) is 30.0 Å². The molecule has 2 N–H and O–H groups in total. The molecule has 0 saturated carbocycles. The number of hydrogen-bond donors (Lipinski definition) is 2. The summed E-state index contributed by atoms with van der Waals surface area (Å²) in [6.45, 7) is 4.10. The monoisotopic (exact) mass is 449 g/mol. The largest absolute Gasteiger partial charge is 0.493 e. The van der Waals surface area contributed by atoms with Crippen LogP contribution in [0.4, 0.5) is 10.5 Å². The molecule has 0 spiro atoms. The second-order valence-electron chi connectivity index (χ2n) is 8.96. The summed E-state index contributed by atoms with van der Waals surface area (Å²) in [5, 5.41) is 12.7. The highest BCUT2D eigenvalue weighted by Gasteiger charge is 2.37. The Bertz CT molecular complexity index is 1080. The molecule has 174 valence electrons. The maximum atomic E-state index is 12.7. The molecule has 3 atom stereocenters. The van der Waals surface area contributed by atoms with Gasteiger partial charge in [-0.25, -0.2) is 9.80 Å². The van der Waals surface area contributed by atoms with Crippen molar-refractivity contribution in [1.29, 1.82) is 0 Å². The molecule has 0 aliphatic carbocycles. The Hall–Kier alpha value is -3.26. The molecule has 2 bridgehead atoms. The van der Waals surface area contributed by atoms with E-state index >= 15 is 0 Å². The number of benzene rings is 2. The zero-order valence-electron chi connectivity index (χ0n) is 19.6. The zero-order chi connectivity index (χ0) is 23.1. The third-order valence-corrected chi connectivity index (χ3v) is 6.96. The van der Waals surface area contributed by atoms with Crippen LogP contribution >= 0.6 is 0 Å². The lowest BCUT2D eigenvalue weighted by Gasteiger charge is -2.29. The van der Waals surface area contributed by atoms with Gasteiger partial charge in [0.1, 0.15) is 0 Å². The Labute approximate surface area is 194 Å². The molecule has 3 aliphatic rings. The average molecular weight is 450 g/mol. The Balaban J connectivity index is 1.58. The highest BCUT2D eigenvalue weighted by molar-refractivity contribution is 6.14. The van der Waals surface area contributed by atoms with E-state index in [2.05, 4.69) is 39.8 Å². The molecule has 3 aliphatic heterocycles. The molecule has 0 aromatic heterocycles. The van der Waals surface area contributed by atoms with Gasteiger partial charge in [0.25, 0.3) is 0 Å². The van der Waals surface area contributed by atoms with Crippen LogP contribution in [0.1, 0.15) is 30.0 Å². The van der Waals surface area contributed by atoms with Gasteiger partial charge in [-0.3, -0.25) is 0 Å². The Morgan fingerprint density at radius 3 is 2.48 bits per heavy atom. The fraction of sp³-hybridized carbons (Fsp3) is 0.440. The minimum absolute atomic E-state index is 0.119. The first-order valence-electron chi connectivity index (χ1n) is 11.5. The number of carbonyl (C=O) groups is 1. The third kappa shape index (κ3) is 3.78. The average Bonchev–Trinajstić information content (AvgIpc) is 3.45. The highest BCUT2D eigenvalue weighted by atomic mass is 16.5. The van der Waals surface area contributed by atoms with Gasteiger partial charge in [0.2, 0.25) is 0 Å². The second-order valence-corrected chi connectivity index (χ2v) is 8.96. The van der Waals surface area contributed by atoms with E-state index in [1.165, 1.54) is 17.1 Å². The summed E-state index contributed by atoms with van der Waals surface area (Å²) in [7, 11) is 4.89. The second kappa shape index (κ2) is 8.59. The van der Waals surface area contributed by atoms with Crippen molar-refractivity contribution in [3.05, 3.63) is 53.1 Å². The Morgan fingerprint density at radius 2 is 1.88 bits per heavy atom. The lowest BCUT2D eigenvalue weighted by atomic mass is 9.94. The molecule has 3 heterocycles. The number of carbonyl (C=O) groups excluding carboxylic acids is 1. The van der Waals surface area contributed by atoms with Gasteiger partial charge in [-0.2, -0.15) is 5.10 Å². The standard InChI is InChI=1S/C25H31N5O3/c1-15-9-17-10-22(32-3)23(33-4)12-21(17)24(28-30(15)25(31)26-2)16-5-7-19(8-6-16)29-14-18-11-20(29)13-27-18/h5-8,10,12,15,18,20,27H,9,11,13-14H2,1-4H3,(H,26,31). The number of hydrogen-bond acceptors (Lipinski definition) is 6. The minimum Gasteiger partial charge on any atom is -0.493 e. The maximum Gasteiger partial charge on any atom is 0.337 e. The van der Waals surface area contributed by atoms with E-state index in [0.717, 1.165) is 35.5 Å². The molecule has 33 heavy (non-hydrogen) atoms. The van der Waals surface area contributed by atoms with E-state index < -0.39 is 0 Å². The highest BCUT2D eigenvalue weighted by Crippen LogP contribution is 2.35. The van der Waals surface area contributed by atoms with E-state index in [1.54, 1.807) is 21.3 Å². The van der Waals surface area contributed by atoms with Gasteiger partial charge in [-0.15, -0.1) is 0 Å². The van der Waals surface area contributed by atoms with Crippen LogP contribution in [0.5, 0.6) is 11.5 Å². The van der Waals surface area contributed by atoms with Crippen molar-refractivity contribution < 1.29 is 14.3 Å². The zero-order valence-corrected chi connectivity index (χ0v) is 19.6. The summed E-state index contributed by atoms with van der Waals surface area (Å²) < 4.78 is 11.1. The van der Waals surface area contributed by atoms with E-state index in [-0.39, 0.29) is 12.1 Å². The molecule has 2 aromatic rings. The molecule has 2 fully saturated rings. The number of fused-ring (bicyclic) bond motifs is 3. The molecular formula is C25H31N5O3. The van der Waals surface area contributed by atoms with Crippen LogP contribution in [0.2, 0.25) is 0 Å². The summed E-state index contributed by atoms with van der Waals surface area (Å²) in [5.74, 6) is 1.31. The van der Waals surface area contributed by atoms with Gasteiger partial charge < -0.3 is 25.0 Å². The lowest BCUT2D eigenvalue weighted by Crippen LogP contribution is -2.43. The number of rotatable bonds is 4. The number of ether oxygens (including phenoxy) is 2. The molecule has 3 unspecified atom stereocenters. The summed E-state index contributed by atoms with van der Waals surface area (Å²) >= 11 is 0. The van der Waals surface area contributed by atoms with Crippen LogP contribution in [0.3, 0.4) is 0 Å². The number of urea groups is 1. The fourth-order valence-electron chi connectivity index (χ4n) is 5.24. The fourth-order valence-corrected chi connectivity index (χ4v) is 5.24. The van der Waals surface area contributed by atoms with Crippen LogP contribution in [0.15, 0.2) is 41.5 Å². The number of methoxy groups -OCH3 is 2.